The molecule has 1 aliphatic heterocycles. The third-order valence-electron chi connectivity index (χ3n) is 4.77. The summed E-state index contributed by atoms with van der Waals surface area (Å²) in [6.45, 7) is 5.20. The Morgan fingerprint density at radius 1 is 1.30 bits per heavy atom. The largest absolute Gasteiger partial charge is 0.437 e. The van der Waals surface area contributed by atoms with Crippen LogP contribution in [0.4, 0.5) is 0 Å². The molecule has 1 aromatic carbocycles. The van der Waals surface area contributed by atoms with Crippen LogP contribution in [0.25, 0.3) is 5.57 Å². The minimum absolute atomic E-state index is 0.0109. The highest BCUT2D eigenvalue weighted by Gasteiger charge is 2.42. The fourth-order valence-electron chi connectivity index (χ4n) is 3.59. The topological polar surface area (TPSA) is 40.5 Å². The summed E-state index contributed by atoms with van der Waals surface area (Å²) in [5, 5.41) is 9.70. The van der Waals surface area contributed by atoms with Crippen LogP contribution in [-0.4, -0.2) is 35.8 Å². The van der Waals surface area contributed by atoms with Crippen LogP contribution in [-0.2, 0) is 10.2 Å². The predicted octanol–water partition coefficient (Wildman–Crippen LogP) is 2.12. The summed E-state index contributed by atoms with van der Waals surface area (Å²) in [5.74, 6) is 0.146. The van der Waals surface area contributed by atoms with Crippen molar-refractivity contribution in [2.75, 3.05) is 13.1 Å². The zero-order valence-electron chi connectivity index (χ0n) is 12.1. The highest BCUT2D eigenvalue weighted by molar-refractivity contribution is 6.45. The molecule has 1 N–H and O–H groups in total. The van der Waals surface area contributed by atoms with Gasteiger partial charge >= 0.3 is 7.05 Å². The minimum Gasteiger partial charge on any atom is -0.437 e. The normalized spacial score (nSPS) is 20.6. The van der Waals surface area contributed by atoms with Gasteiger partial charge in [0.05, 0.1) is 0 Å². The van der Waals surface area contributed by atoms with Crippen LogP contribution in [0.5, 0.6) is 0 Å². The summed E-state index contributed by atoms with van der Waals surface area (Å²) in [4.78, 5) is 14.0. The van der Waals surface area contributed by atoms with Crippen molar-refractivity contribution < 1.29 is 9.82 Å². The van der Waals surface area contributed by atoms with Crippen molar-refractivity contribution in [1.82, 2.24) is 4.81 Å². The lowest BCUT2D eigenvalue weighted by molar-refractivity contribution is -0.111. The quantitative estimate of drug-likeness (QED) is 0.836. The number of hydrogen-bond acceptors (Lipinski definition) is 3. The van der Waals surface area contributed by atoms with Crippen molar-refractivity contribution in [2.45, 2.75) is 32.0 Å². The van der Waals surface area contributed by atoms with E-state index in [-0.39, 0.29) is 18.2 Å². The van der Waals surface area contributed by atoms with Crippen molar-refractivity contribution in [3.8, 4) is 0 Å². The second kappa shape index (κ2) is 4.87. The summed E-state index contributed by atoms with van der Waals surface area (Å²) in [7, 11) is -0.389. The second-order valence-corrected chi connectivity index (χ2v) is 5.98. The van der Waals surface area contributed by atoms with Crippen molar-refractivity contribution in [2.24, 2.45) is 0 Å². The van der Waals surface area contributed by atoms with Gasteiger partial charge in [-0.2, -0.15) is 0 Å². The van der Waals surface area contributed by atoms with Crippen LogP contribution >= 0.6 is 0 Å². The number of piperidine rings is 1. The molecule has 0 atom stereocenters. The van der Waals surface area contributed by atoms with Crippen LogP contribution in [0.15, 0.2) is 30.3 Å². The van der Waals surface area contributed by atoms with Gasteiger partial charge in [0.25, 0.3) is 0 Å². The average molecular weight is 269 g/mol. The molecule has 0 aromatic heterocycles. The van der Waals surface area contributed by atoms with Gasteiger partial charge < -0.3 is 9.83 Å². The van der Waals surface area contributed by atoms with Gasteiger partial charge in [-0.3, -0.25) is 4.79 Å². The Bertz CT molecular complexity index is 572. The molecule has 1 heterocycles. The maximum absolute atomic E-state index is 11.9. The van der Waals surface area contributed by atoms with E-state index < -0.39 is 0 Å². The molecule has 3 rings (SSSR count). The SMILES string of the molecule is CB(O)N1CCC2(C=C(C(C)=O)c3ccccc32)CC1. The number of allylic oxidation sites excluding steroid dienone is 2. The third kappa shape index (κ3) is 2.04. The van der Waals surface area contributed by atoms with Crippen molar-refractivity contribution in [3.05, 3.63) is 41.5 Å². The third-order valence-corrected chi connectivity index (χ3v) is 4.77. The zero-order valence-corrected chi connectivity index (χ0v) is 12.1. The van der Waals surface area contributed by atoms with Crippen LogP contribution in [0.3, 0.4) is 0 Å². The molecule has 0 saturated carbocycles. The molecule has 1 aliphatic carbocycles. The van der Waals surface area contributed by atoms with Gasteiger partial charge in [0.2, 0.25) is 0 Å². The summed E-state index contributed by atoms with van der Waals surface area (Å²) < 4.78 is 0. The standard InChI is InChI=1S/C16H20BNO2/c1-12(19)14-11-16(15-6-4-3-5-13(14)15)7-9-18(10-8-16)17(2)20/h3-6,11,20H,7-10H2,1-2H3. The van der Waals surface area contributed by atoms with Gasteiger partial charge in [0.1, 0.15) is 0 Å². The summed E-state index contributed by atoms with van der Waals surface area (Å²) in [6, 6.07) is 8.26. The molecule has 4 heteroatoms. The smallest absolute Gasteiger partial charge is 0.376 e. The number of rotatable bonds is 2. The fraction of sp³-hybridized carbons (Fsp3) is 0.438. The lowest BCUT2D eigenvalue weighted by atomic mass is 9.71. The molecule has 1 saturated heterocycles. The Hall–Kier alpha value is -1.39. The lowest BCUT2D eigenvalue weighted by Gasteiger charge is -2.39. The Labute approximate surface area is 120 Å². The highest BCUT2D eigenvalue weighted by atomic mass is 16.2. The van der Waals surface area contributed by atoms with Gasteiger partial charge in [0.15, 0.2) is 5.78 Å². The van der Waals surface area contributed by atoms with E-state index in [1.807, 2.05) is 12.9 Å². The van der Waals surface area contributed by atoms with E-state index in [0.29, 0.717) is 0 Å². The number of carbonyl (C=O) groups excluding carboxylic acids is 1. The number of hydrogen-bond donors (Lipinski definition) is 1. The van der Waals surface area contributed by atoms with Crippen molar-refractivity contribution >= 4 is 18.4 Å². The maximum atomic E-state index is 11.9. The minimum atomic E-state index is -0.389. The van der Waals surface area contributed by atoms with Gasteiger partial charge in [0, 0.05) is 11.0 Å². The Morgan fingerprint density at radius 3 is 2.55 bits per heavy atom. The van der Waals surface area contributed by atoms with Gasteiger partial charge in [-0.1, -0.05) is 30.3 Å². The van der Waals surface area contributed by atoms with Gasteiger partial charge in [-0.25, -0.2) is 0 Å². The van der Waals surface area contributed by atoms with Crippen LogP contribution in [0.1, 0.15) is 30.9 Å². The number of nitrogens with zero attached hydrogens (tertiary/aromatic N) is 1. The van der Waals surface area contributed by atoms with E-state index in [2.05, 4.69) is 29.1 Å². The molecule has 104 valence electrons. The monoisotopic (exact) mass is 269 g/mol. The molecule has 0 unspecified atom stereocenters. The van der Waals surface area contributed by atoms with Crippen LogP contribution in [0, 0.1) is 0 Å². The molecule has 0 amide bonds. The number of benzene rings is 1. The van der Waals surface area contributed by atoms with E-state index in [9.17, 15) is 9.82 Å². The first-order chi connectivity index (χ1) is 9.53. The first-order valence-electron chi connectivity index (χ1n) is 7.29. The molecule has 1 aromatic rings. The summed E-state index contributed by atoms with van der Waals surface area (Å²) >= 11 is 0. The molecule has 20 heavy (non-hydrogen) atoms. The molecule has 0 bridgehead atoms. The molecular formula is C16H20BNO2. The second-order valence-electron chi connectivity index (χ2n) is 5.98. The maximum Gasteiger partial charge on any atom is 0.376 e. The molecule has 1 spiro atoms. The first kappa shape index (κ1) is 13.6. The van der Waals surface area contributed by atoms with Crippen LogP contribution < -0.4 is 0 Å². The average Bonchev–Trinajstić information content (AvgIpc) is 2.75. The lowest BCUT2D eigenvalue weighted by Crippen LogP contribution is -2.47. The number of fused-ring (bicyclic) bond motifs is 2. The first-order valence-corrected chi connectivity index (χ1v) is 7.29. The van der Waals surface area contributed by atoms with E-state index in [1.165, 1.54) is 5.56 Å². The van der Waals surface area contributed by atoms with Crippen molar-refractivity contribution in [1.29, 1.82) is 0 Å². The Balaban J connectivity index is 1.97. The van der Waals surface area contributed by atoms with E-state index >= 15 is 0 Å². The molecule has 3 nitrogen and oxygen atoms in total. The number of Topliss-reactive ketones (excluding diaryl/α,β-unsaturated/α-hetero) is 1. The summed E-state index contributed by atoms with van der Waals surface area (Å²) in [6.07, 6.45) is 4.11. The number of ketones is 1. The highest BCUT2D eigenvalue weighted by Crippen LogP contribution is 2.47. The molecule has 1 fully saturated rings. The number of carbonyl (C=O) groups is 1. The van der Waals surface area contributed by atoms with Gasteiger partial charge in [-0.15, -0.1) is 0 Å². The van der Waals surface area contributed by atoms with E-state index in [1.54, 1.807) is 6.92 Å². The van der Waals surface area contributed by atoms with E-state index in [4.69, 9.17) is 0 Å². The van der Waals surface area contributed by atoms with E-state index in [0.717, 1.165) is 37.1 Å². The van der Waals surface area contributed by atoms with Crippen molar-refractivity contribution in [3.63, 3.8) is 0 Å². The fourth-order valence-corrected chi connectivity index (χ4v) is 3.59. The molecule has 2 aliphatic rings. The Morgan fingerprint density at radius 2 is 1.95 bits per heavy atom. The Kier molecular flexibility index (Phi) is 3.31. The van der Waals surface area contributed by atoms with Crippen LogP contribution in [0.2, 0.25) is 6.82 Å². The molecular weight excluding hydrogens is 249 g/mol. The summed E-state index contributed by atoms with van der Waals surface area (Å²) in [5.41, 5.74) is 3.25. The molecule has 0 radical (unpaired) electrons. The van der Waals surface area contributed by atoms with Gasteiger partial charge in [-0.05, 0) is 50.8 Å². The predicted molar refractivity (Wildman–Crippen MR) is 81.4 cm³/mol. The zero-order chi connectivity index (χ0) is 14.3.